The molecule has 0 saturated carbocycles. The number of hydrogen-bond donors (Lipinski definition) is 0. The monoisotopic (exact) mass is 310 g/mol. The van der Waals surface area contributed by atoms with E-state index < -0.39 is 27.8 Å². The molecule has 0 saturated heterocycles. The van der Waals surface area contributed by atoms with Crippen molar-refractivity contribution < 1.29 is 18.5 Å². The summed E-state index contributed by atoms with van der Waals surface area (Å²) in [4.78, 5) is 26.0. The summed E-state index contributed by atoms with van der Waals surface area (Å²) in [5.41, 5.74) is -0.848. The van der Waals surface area contributed by atoms with Crippen LogP contribution in [0.3, 0.4) is 0 Å². The molecule has 2 aromatic rings. The highest BCUT2D eigenvalue weighted by atomic mass is 32.1. The first-order valence-electron chi connectivity index (χ1n) is 6.14. The number of carbonyl (C=O) groups is 1. The lowest BCUT2D eigenvalue weighted by atomic mass is 10.0. The van der Waals surface area contributed by atoms with Crippen molar-refractivity contribution in [2.45, 2.75) is 19.3 Å². The summed E-state index contributed by atoms with van der Waals surface area (Å²) < 4.78 is 28.0. The molecule has 1 aliphatic carbocycles. The number of hydrogen-bond acceptors (Lipinski definition) is 5. The first kappa shape index (κ1) is 13.7. The van der Waals surface area contributed by atoms with Gasteiger partial charge in [0, 0.05) is 12.5 Å². The number of thiazole rings is 1. The third-order valence-electron chi connectivity index (χ3n) is 3.25. The van der Waals surface area contributed by atoms with Gasteiger partial charge in [0.05, 0.1) is 21.1 Å². The van der Waals surface area contributed by atoms with E-state index in [1.54, 1.807) is 0 Å². The van der Waals surface area contributed by atoms with E-state index in [0.717, 1.165) is 23.5 Å². The number of aryl methyl sites for hydroxylation is 1. The number of halogens is 2. The number of fused-ring (bicyclic) bond motifs is 1. The third kappa shape index (κ3) is 2.21. The minimum atomic E-state index is -1.27. The van der Waals surface area contributed by atoms with Gasteiger partial charge in [0.25, 0.3) is 0 Å². The summed E-state index contributed by atoms with van der Waals surface area (Å²) in [7, 11) is 0. The van der Waals surface area contributed by atoms with Crippen LogP contribution < -0.4 is 0 Å². The van der Waals surface area contributed by atoms with Crippen LogP contribution in [-0.2, 0) is 6.42 Å². The van der Waals surface area contributed by atoms with Crippen LogP contribution in [0.15, 0.2) is 12.1 Å². The molecule has 0 unspecified atom stereocenters. The van der Waals surface area contributed by atoms with Crippen LogP contribution >= 0.6 is 11.3 Å². The Balaban J connectivity index is 2.19. The van der Waals surface area contributed by atoms with Crippen LogP contribution in [0.4, 0.5) is 14.5 Å². The summed E-state index contributed by atoms with van der Waals surface area (Å²) in [6.45, 7) is 0. The second kappa shape index (κ2) is 4.96. The Labute approximate surface area is 121 Å². The number of benzene rings is 1. The number of Topliss-reactive ketones (excluding diaryl/α,β-unsaturated/α-hetero) is 1. The molecule has 0 fully saturated rings. The number of nitrogens with zero attached hydrogens (tertiary/aromatic N) is 2. The first-order chi connectivity index (χ1) is 9.99. The van der Waals surface area contributed by atoms with Gasteiger partial charge in [-0.25, -0.2) is 9.37 Å². The fraction of sp³-hybridized carbons (Fsp3) is 0.231. The smallest absolute Gasteiger partial charge is 0.293 e. The summed E-state index contributed by atoms with van der Waals surface area (Å²) in [5.74, 6) is -2.30. The highest BCUT2D eigenvalue weighted by molar-refractivity contribution is 7.17. The molecule has 0 aliphatic heterocycles. The van der Waals surface area contributed by atoms with Crippen LogP contribution in [0.1, 0.15) is 28.2 Å². The quantitative estimate of drug-likeness (QED) is 0.628. The molecule has 3 rings (SSSR count). The van der Waals surface area contributed by atoms with Gasteiger partial charge in [-0.3, -0.25) is 14.9 Å². The Bertz CT molecular complexity index is 773. The number of aromatic nitrogens is 1. The van der Waals surface area contributed by atoms with Crippen LogP contribution in [0.2, 0.25) is 0 Å². The van der Waals surface area contributed by atoms with Gasteiger partial charge in [-0.2, -0.15) is 4.39 Å². The van der Waals surface area contributed by atoms with E-state index in [-0.39, 0.29) is 10.8 Å². The molecule has 0 bridgehead atoms. The molecular formula is C13H8F2N2O3S. The van der Waals surface area contributed by atoms with Crippen molar-refractivity contribution in [1.82, 2.24) is 4.98 Å². The molecule has 1 heterocycles. The maximum Gasteiger partial charge on any atom is 0.305 e. The number of ketones is 1. The number of carbonyl (C=O) groups excluding carboxylic acids is 1. The van der Waals surface area contributed by atoms with Gasteiger partial charge in [0.15, 0.2) is 5.78 Å². The van der Waals surface area contributed by atoms with E-state index in [2.05, 4.69) is 4.98 Å². The second-order valence-corrected chi connectivity index (χ2v) is 5.58. The molecule has 5 nitrogen and oxygen atoms in total. The van der Waals surface area contributed by atoms with E-state index >= 15 is 0 Å². The second-order valence-electron chi connectivity index (χ2n) is 4.58. The number of nitro groups is 1. The van der Waals surface area contributed by atoms with E-state index in [4.69, 9.17) is 0 Å². The average molecular weight is 310 g/mol. The zero-order valence-corrected chi connectivity index (χ0v) is 11.4. The normalized spacial score (nSPS) is 14.1. The van der Waals surface area contributed by atoms with Gasteiger partial charge < -0.3 is 0 Å². The van der Waals surface area contributed by atoms with Crippen molar-refractivity contribution in [1.29, 1.82) is 0 Å². The lowest BCUT2D eigenvalue weighted by Crippen LogP contribution is -2.07. The Morgan fingerprint density at radius 3 is 2.71 bits per heavy atom. The van der Waals surface area contributed by atoms with E-state index in [1.165, 1.54) is 0 Å². The fourth-order valence-electron chi connectivity index (χ4n) is 2.25. The van der Waals surface area contributed by atoms with Crippen molar-refractivity contribution in [2.24, 2.45) is 0 Å². The predicted molar refractivity (Wildman–Crippen MR) is 71.4 cm³/mol. The van der Waals surface area contributed by atoms with Crippen LogP contribution in [0.25, 0.3) is 10.6 Å². The van der Waals surface area contributed by atoms with Crippen molar-refractivity contribution in [3.05, 3.63) is 44.5 Å². The minimum Gasteiger partial charge on any atom is -0.293 e. The Hall–Kier alpha value is -2.22. The van der Waals surface area contributed by atoms with Crippen molar-refractivity contribution >= 4 is 22.8 Å². The Kier molecular flexibility index (Phi) is 3.25. The van der Waals surface area contributed by atoms with Gasteiger partial charge >= 0.3 is 5.69 Å². The SMILES string of the molecule is O=C1CCCc2nc(-c3c(F)ccc([N+](=O)[O-])c3F)sc21. The number of rotatable bonds is 2. The molecule has 8 heteroatoms. The van der Waals surface area contributed by atoms with Gasteiger partial charge in [-0.15, -0.1) is 11.3 Å². The van der Waals surface area contributed by atoms with E-state index in [1.807, 2.05) is 0 Å². The lowest BCUT2D eigenvalue weighted by molar-refractivity contribution is -0.387. The summed E-state index contributed by atoms with van der Waals surface area (Å²) in [5, 5.41) is 10.7. The first-order valence-corrected chi connectivity index (χ1v) is 6.96. The lowest BCUT2D eigenvalue weighted by Gasteiger charge is -2.06. The Morgan fingerprint density at radius 2 is 2.05 bits per heavy atom. The summed E-state index contributed by atoms with van der Waals surface area (Å²) in [6.07, 6.45) is 1.60. The van der Waals surface area contributed by atoms with E-state index in [9.17, 15) is 23.7 Å². The van der Waals surface area contributed by atoms with Crippen molar-refractivity contribution in [3.63, 3.8) is 0 Å². The third-order valence-corrected chi connectivity index (χ3v) is 4.41. The number of nitro benzene ring substituents is 1. The minimum absolute atomic E-state index is 0.0334. The van der Waals surface area contributed by atoms with Crippen LogP contribution in [0, 0.1) is 21.7 Å². The standard InChI is InChI=1S/C13H8F2N2O3S/c14-6-4-5-8(17(19)20)11(15)10(6)13-16-7-2-1-3-9(18)12(7)21-13/h4-5H,1-3H2. The molecule has 21 heavy (non-hydrogen) atoms. The molecular weight excluding hydrogens is 302 g/mol. The molecule has 0 amide bonds. The largest absolute Gasteiger partial charge is 0.305 e. The van der Waals surface area contributed by atoms with Gasteiger partial charge in [0.2, 0.25) is 5.82 Å². The summed E-state index contributed by atoms with van der Waals surface area (Å²) in [6, 6.07) is 1.60. The maximum absolute atomic E-state index is 14.1. The van der Waals surface area contributed by atoms with E-state index in [0.29, 0.717) is 29.8 Å². The molecule has 1 aliphatic rings. The molecule has 1 aromatic heterocycles. The fourth-order valence-corrected chi connectivity index (χ4v) is 3.37. The molecule has 1 aromatic carbocycles. The van der Waals surface area contributed by atoms with Crippen LogP contribution in [-0.4, -0.2) is 15.7 Å². The zero-order valence-electron chi connectivity index (χ0n) is 10.6. The molecule has 0 spiro atoms. The van der Waals surface area contributed by atoms with Crippen molar-refractivity contribution in [2.75, 3.05) is 0 Å². The highest BCUT2D eigenvalue weighted by Crippen LogP contribution is 2.37. The predicted octanol–water partition coefficient (Wildman–Crippen LogP) is 3.52. The van der Waals surface area contributed by atoms with Gasteiger partial charge in [-0.1, -0.05) is 0 Å². The van der Waals surface area contributed by atoms with Crippen LogP contribution in [0.5, 0.6) is 0 Å². The summed E-state index contributed by atoms with van der Waals surface area (Å²) >= 11 is 0.882. The topological polar surface area (TPSA) is 73.1 Å². The Morgan fingerprint density at radius 1 is 1.29 bits per heavy atom. The zero-order chi connectivity index (χ0) is 15.1. The van der Waals surface area contributed by atoms with Crippen molar-refractivity contribution in [3.8, 4) is 10.6 Å². The molecule has 108 valence electrons. The average Bonchev–Trinajstić information content (AvgIpc) is 2.83. The maximum atomic E-state index is 14.1. The highest BCUT2D eigenvalue weighted by Gasteiger charge is 2.28. The molecule has 0 radical (unpaired) electrons. The molecule has 0 atom stereocenters. The van der Waals surface area contributed by atoms with Gasteiger partial charge in [0.1, 0.15) is 10.8 Å². The van der Waals surface area contributed by atoms with Gasteiger partial charge in [-0.05, 0) is 18.9 Å². The molecule has 0 N–H and O–H groups in total.